The van der Waals surface area contributed by atoms with Gasteiger partial charge in [-0.3, -0.25) is 14.6 Å². The van der Waals surface area contributed by atoms with Crippen LogP contribution < -0.4 is 0 Å². The van der Waals surface area contributed by atoms with Crippen molar-refractivity contribution >= 4 is 27.6 Å². The molecule has 53 heavy (non-hydrogen) atoms. The van der Waals surface area contributed by atoms with Gasteiger partial charge >= 0.3 is 0 Å². The maximum Gasteiger partial charge on any atom is 0.170 e. The molecule has 9 rings (SSSR count). The number of carbonyl (C=O) groups excluding carboxylic acids is 1. The summed E-state index contributed by atoms with van der Waals surface area (Å²) in [5.74, 6) is 0.0548. The van der Waals surface area contributed by atoms with Crippen molar-refractivity contribution in [3.63, 3.8) is 0 Å². The number of Topliss-reactive ketones (excluding diaryl/α,β-unsaturated/α-hetero) is 1. The van der Waals surface area contributed by atoms with Gasteiger partial charge in [-0.1, -0.05) is 97.1 Å². The summed E-state index contributed by atoms with van der Waals surface area (Å²) in [6.07, 6.45) is 3.20. The maximum atomic E-state index is 11.6. The summed E-state index contributed by atoms with van der Waals surface area (Å²) in [5, 5.41) is 2.44. The first-order valence-corrected chi connectivity index (χ1v) is 19.1. The van der Waals surface area contributed by atoms with Crippen LogP contribution in [-0.2, 0) is 14.3 Å². The lowest BCUT2D eigenvalue weighted by molar-refractivity contribution is -0.187. The molecular weight excluding hydrogens is 657 g/mol. The number of ketones is 1. The van der Waals surface area contributed by atoms with Crippen LogP contribution in [0.15, 0.2) is 121 Å². The van der Waals surface area contributed by atoms with E-state index in [0.29, 0.717) is 24.7 Å². The van der Waals surface area contributed by atoms with Crippen molar-refractivity contribution in [2.45, 2.75) is 57.4 Å². The molecule has 6 aromatic rings. The van der Waals surface area contributed by atoms with Gasteiger partial charge in [-0.15, -0.1) is 0 Å². The van der Waals surface area contributed by atoms with E-state index in [4.69, 9.17) is 19.4 Å². The average molecular weight is 705 g/mol. The number of para-hydroxylation sites is 2. The van der Waals surface area contributed by atoms with Crippen molar-refractivity contribution in [2.75, 3.05) is 39.4 Å². The van der Waals surface area contributed by atoms with Gasteiger partial charge in [-0.05, 0) is 49.2 Å². The van der Waals surface area contributed by atoms with Crippen LogP contribution >= 0.6 is 0 Å². The Labute approximate surface area is 312 Å². The van der Waals surface area contributed by atoms with E-state index in [1.807, 2.05) is 30.3 Å². The van der Waals surface area contributed by atoms with Gasteiger partial charge in [-0.2, -0.15) is 0 Å². The first-order chi connectivity index (χ1) is 26.0. The minimum atomic E-state index is -0.328. The van der Waals surface area contributed by atoms with Gasteiger partial charge in [-0.25, -0.2) is 9.97 Å². The molecule has 0 aliphatic carbocycles. The molecule has 2 aromatic heterocycles. The zero-order valence-electron chi connectivity index (χ0n) is 30.8. The second-order valence-electron chi connectivity index (χ2n) is 14.5. The van der Waals surface area contributed by atoms with Crippen LogP contribution in [0.3, 0.4) is 0 Å². The summed E-state index contributed by atoms with van der Waals surface area (Å²) in [7, 11) is 0. The van der Waals surface area contributed by atoms with Crippen LogP contribution in [0.2, 0.25) is 0 Å². The summed E-state index contributed by atoms with van der Waals surface area (Å²) in [5.41, 5.74) is 9.06. The highest BCUT2D eigenvalue weighted by molar-refractivity contribution is 5.87. The Morgan fingerprint density at radius 1 is 0.566 bits per heavy atom. The Hall–Kier alpha value is -4.79. The highest BCUT2D eigenvalue weighted by Crippen LogP contribution is 2.37. The number of hydrogen-bond acceptors (Lipinski definition) is 7. The molecular formula is C46H48N4O3. The largest absolute Gasteiger partial charge is 0.347 e. The number of rotatable bonds is 6. The number of pyridine rings is 2. The van der Waals surface area contributed by atoms with E-state index in [1.165, 1.54) is 21.9 Å². The number of ether oxygens (including phenoxy) is 2. The number of aromatic nitrogens is 2. The highest BCUT2D eigenvalue weighted by Gasteiger charge is 2.41. The minimum Gasteiger partial charge on any atom is -0.347 e. The summed E-state index contributed by atoms with van der Waals surface area (Å²) in [6.45, 7) is 9.67. The molecule has 1 spiro atoms. The molecule has 2 unspecified atom stereocenters. The summed E-state index contributed by atoms with van der Waals surface area (Å²) in [6, 6.07) is 42.7. The van der Waals surface area contributed by atoms with Gasteiger partial charge < -0.3 is 9.47 Å². The third kappa shape index (κ3) is 7.66. The monoisotopic (exact) mass is 704 g/mol. The van der Waals surface area contributed by atoms with Crippen molar-refractivity contribution < 1.29 is 14.3 Å². The van der Waals surface area contributed by atoms with Gasteiger partial charge in [0.05, 0.1) is 35.6 Å². The fraction of sp³-hybridized carbons (Fsp3) is 0.326. The number of likely N-dealkylation sites (tertiary alicyclic amines) is 2. The zero-order valence-corrected chi connectivity index (χ0v) is 30.8. The Kier molecular flexibility index (Phi) is 10.4. The fourth-order valence-electron chi connectivity index (χ4n) is 8.20. The molecule has 2 atom stereocenters. The van der Waals surface area contributed by atoms with Crippen molar-refractivity contribution in [3.05, 3.63) is 132 Å². The second-order valence-corrected chi connectivity index (χ2v) is 14.5. The van der Waals surface area contributed by atoms with Gasteiger partial charge in [0, 0.05) is 85.8 Å². The standard InChI is InChI=1S/C24H26N2O2.C22H22N2O/c1-18(26-13-11-24(12-14-26)27-15-16-28-24)21-17-23(19-7-3-2-4-8-19)25-22-10-6-5-9-20(21)22;1-16(24-13-11-18(25)12-14-24)20-15-22(17-7-3-2-4-8-17)23-21-10-6-5-9-19(20)21/h2-10,17-18H,11-16H2,1H3;2-10,15-16H,11-14H2,1H3. The molecule has 3 aliphatic heterocycles. The van der Waals surface area contributed by atoms with E-state index in [0.717, 1.165) is 85.8 Å². The second kappa shape index (κ2) is 15.7. The predicted molar refractivity (Wildman–Crippen MR) is 212 cm³/mol. The number of benzene rings is 4. The molecule has 270 valence electrons. The first kappa shape index (κ1) is 35.3. The molecule has 3 saturated heterocycles. The topological polar surface area (TPSA) is 67.8 Å². The van der Waals surface area contributed by atoms with E-state index in [1.54, 1.807) is 0 Å². The summed E-state index contributed by atoms with van der Waals surface area (Å²) in [4.78, 5) is 26.4. The van der Waals surface area contributed by atoms with Crippen LogP contribution in [0.1, 0.15) is 62.7 Å². The molecule has 0 saturated carbocycles. The summed E-state index contributed by atoms with van der Waals surface area (Å²) < 4.78 is 11.8. The van der Waals surface area contributed by atoms with Crippen LogP contribution in [0, 0.1) is 0 Å². The van der Waals surface area contributed by atoms with Crippen LogP contribution in [0.4, 0.5) is 0 Å². The van der Waals surface area contributed by atoms with E-state index < -0.39 is 0 Å². The molecule has 0 radical (unpaired) electrons. The molecule has 7 heteroatoms. The number of carbonyl (C=O) groups is 1. The molecule has 5 heterocycles. The lowest BCUT2D eigenvalue weighted by atomic mass is 9.95. The Morgan fingerprint density at radius 3 is 1.45 bits per heavy atom. The SMILES string of the molecule is CC(c1cc(-c2ccccc2)nc2ccccc12)N1CCC(=O)CC1.CC(c1cc(-c2ccccc2)nc2ccccc12)N1CCC2(CC1)OCCO2. The Balaban J connectivity index is 0.000000152. The Bertz CT molecular complexity index is 2160. The number of nitrogens with zero attached hydrogens (tertiary/aromatic N) is 4. The number of hydrogen-bond donors (Lipinski definition) is 0. The quantitative estimate of drug-likeness (QED) is 0.171. The third-order valence-electron chi connectivity index (χ3n) is 11.4. The maximum absolute atomic E-state index is 11.6. The van der Waals surface area contributed by atoms with Gasteiger partial charge in [0.25, 0.3) is 0 Å². The van der Waals surface area contributed by atoms with Crippen molar-refractivity contribution in [1.82, 2.24) is 19.8 Å². The highest BCUT2D eigenvalue weighted by atomic mass is 16.7. The number of fused-ring (bicyclic) bond motifs is 2. The van der Waals surface area contributed by atoms with Crippen molar-refractivity contribution in [1.29, 1.82) is 0 Å². The van der Waals surface area contributed by atoms with Gasteiger partial charge in [0.1, 0.15) is 5.78 Å². The van der Waals surface area contributed by atoms with Crippen molar-refractivity contribution in [2.24, 2.45) is 0 Å². The van der Waals surface area contributed by atoms with Crippen LogP contribution in [-0.4, -0.2) is 70.7 Å². The fourth-order valence-corrected chi connectivity index (χ4v) is 8.20. The van der Waals surface area contributed by atoms with E-state index >= 15 is 0 Å². The molecule has 0 bridgehead atoms. The molecule has 0 amide bonds. The van der Waals surface area contributed by atoms with E-state index in [9.17, 15) is 4.79 Å². The van der Waals surface area contributed by atoms with E-state index in [2.05, 4.69) is 115 Å². The summed E-state index contributed by atoms with van der Waals surface area (Å²) >= 11 is 0. The Morgan fingerprint density at radius 2 is 0.981 bits per heavy atom. The minimum absolute atomic E-state index is 0.267. The van der Waals surface area contributed by atoms with Gasteiger partial charge in [0.2, 0.25) is 0 Å². The van der Waals surface area contributed by atoms with E-state index in [-0.39, 0.29) is 11.8 Å². The average Bonchev–Trinajstić information content (AvgIpc) is 3.68. The molecule has 0 N–H and O–H groups in total. The molecule has 4 aromatic carbocycles. The normalized spacial score (nSPS) is 18.9. The molecule has 3 aliphatic rings. The van der Waals surface area contributed by atoms with Crippen LogP contribution in [0.5, 0.6) is 0 Å². The van der Waals surface area contributed by atoms with Crippen molar-refractivity contribution in [3.8, 4) is 22.5 Å². The number of piperidine rings is 2. The first-order valence-electron chi connectivity index (χ1n) is 19.1. The van der Waals surface area contributed by atoms with Gasteiger partial charge in [0.15, 0.2) is 5.79 Å². The lowest BCUT2D eigenvalue weighted by Gasteiger charge is -2.40. The molecule has 7 nitrogen and oxygen atoms in total. The zero-order chi connectivity index (χ0) is 36.2. The van der Waals surface area contributed by atoms with Crippen LogP contribution in [0.25, 0.3) is 44.3 Å². The third-order valence-corrected chi connectivity index (χ3v) is 11.4. The predicted octanol–water partition coefficient (Wildman–Crippen LogP) is 9.43. The lowest BCUT2D eigenvalue weighted by Crippen LogP contribution is -2.45. The smallest absolute Gasteiger partial charge is 0.170 e. The molecule has 3 fully saturated rings.